The van der Waals surface area contributed by atoms with Gasteiger partial charge >= 0.3 is 0 Å². The largest absolute Gasteiger partial charge is 0.506 e. The van der Waals surface area contributed by atoms with Crippen molar-refractivity contribution in [2.45, 2.75) is 13.5 Å². The maximum absolute atomic E-state index is 14.3. The van der Waals surface area contributed by atoms with E-state index in [4.69, 9.17) is 27.9 Å². The summed E-state index contributed by atoms with van der Waals surface area (Å²) in [5.74, 6) is -0.332. The molecular formula is C28H32Cl2FN7O2. The third-order valence-electron chi connectivity index (χ3n) is 7.14. The minimum Gasteiger partial charge on any atom is -0.506 e. The van der Waals surface area contributed by atoms with Crippen molar-refractivity contribution in [1.82, 2.24) is 19.8 Å². The van der Waals surface area contributed by atoms with Crippen molar-refractivity contribution in [2.75, 3.05) is 69.9 Å². The van der Waals surface area contributed by atoms with Crippen LogP contribution in [0.25, 0.3) is 11.1 Å². The molecule has 2 N–H and O–H groups in total. The zero-order valence-corrected chi connectivity index (χ0v) is 24.0. The van der Waals surface area contributed by atoms with E-state index in [0.717, 1.165) is 61.2 Å². The van der Waals surface area contributed by atoms with Gasteiger partial charge in [0, 0.05) is 62.0 Å². The van der Waals surface area contributed by atoms with Gasteiger partial charge in [0.15, 0.2) is 11.6 Å². The molecule has 0 aliphatic carbocycles. The van der Waals surface area contributed by atoms with E-state index < -0.39 is 5.82 Å². The van der Waals surface area contributed by atoms with Crippen molar-refractivity contribution >= 4 is 41.2 Å². The van der Waals surface area contributed by atoms with Crippen LogP contribution in [0.1, 0.15) is 16.7 Å². The predicted molar refractivity (Wildman–Crippen MR) is 157 cm³/mol. The van der Waals surface area contributed by atoms with Crippen LogP contribution in [0, 0.1) is 12.7 Å². The zero-order chi connectivity index (χ0) is 28.2. The van der Waals surface area contributed by atoms with Gasteiger partial charge in [0.1, 0.15) is 5.75 Å². The molecule has 1 aromatic heterocycles. The molecule has 2 fully saturated rings. The van der Waals surface area contributed by atoms with E-state index in [0.29, 0.717) is 36.9 Å². The molecule has 0 unspecified atom stereocenters. The predicted octanol–water partition coefficient (Wildman–Crippen LogP) is 4.63. The van der Waals surface area contributed by atoms with Crippen LogP contribution in [0.15, 0.2) is 35.6 Å². The lowest BCUT2D eigenvalue weighted by atomic mass is 9.96. The van der Waals surface area contributed by atoms with Crippen LogP contribution in [-0.4, -0.2) is 90.6 Å². The SMILES string of the molecule is Cc1cc(CN2CCN(C)CC2)cc(Cl)c1-c1cc(Cl)c(O)c(/C=N/Nc2ncc(F)c(N3CCOCC3)n2)c1. The number of hydrazone groups is 1. The van der Waals surface area contributed by atoms with E-state index in [1.807, 2.05) is 13.0 Å². The van der Waals surface area contributed by atoms with E-state index in [9.17, 15) is 9.50 Å². The number of likely N-dealkylation sites (N-methyl/N-ethyl adjacent to an activating group) is 1. The third-order valence-corrected chi connectivity index (χ3v) is 7.72. The number of halogens is 3. The number of morpholine rings is 1. The molecule has 2 aliphatic heterocycles. The number of aromatic hydroxyl groups is 1. The van der Waals surface area contributed by atoms with Crippen LogP contribution < -0.4 is 10.3 Å². The van der Waals surface area contributed by atoms with E-state index in [1.54, 1.807) is 17.0 Å². The van der Waals surface area contributed by atoms with Crippen LogP contribution in [0.5, 0.6) is 5.75 Å². The zero-order valence-electron chi connectivity index (χ0n) is 22.5. The first-order valence-corrected chi connectivity index (χ1v) is 13.9. The van der Waals surface area contributed by atoms with Crippen LogP contribution in [-0.2, 0) is 11.3 Å². The molecule has 0 bridgehead atoms. The topological polar surface area (TPSA) is 89.4 Å². The van der Waals surface area contributed by atoms with Crippen LogP contribution in [0.3, 0.4) is 0 Å². The second kappa shape index (κ2) is 12.7. The fourth-order valence-electron chi connectivity index (χ4n) is 4.97. The molecular weight excluding hydrogens is 556 g/mol. The summed E-state index contributed by atoms with van der Waals surface area (Å²) in [7, 11) is 2.14. The fourth-order valence-corrected chi connectivity index (χ4v) is 5.59. The van der Waals surface area contributed by atoms with Crippen LogP contribution in [0.2, 0.25) is 10.0 Å². The number of rotatable bonds is 7. The summed E-state index contributed by atoms with van der Waals surface area (Å²) in [5, 5.41) is 15.6. The van der Waals surface area contributed by atoms with Gasteiger partial charge in [-0.1, -0.05) is 29.3 Å². The first-order valence-electron chi connectivity index (χ1n) is 13.2. The Morgan fingerprint density at radius 3 is 2.55 bits per heavy atom. The van der Waals surface area contributed by atoms with Gasteiger partial charge in [-0.25, -0.2) is 14.8 Å². The molecule has 3 aromatic rings. The molecule has 0 spiro atoms. The number of hydrogen-bond donors (Lipinski definition) is 2. The number of phenolic OH excluding ortho intramolecular Hbond substituents is 1. The summed E-state index contributed by atoms with van der Waals surface area (Å²) >= 11 is 13.2. The molecule has 0 atom stereocenters. The lowest BCUT2D eigenvalue weighted by Crippen LogP contribution is -2.43. The van der Waals surface area contributed by atoms with E-state index in [2.05, 4.69) is 43.4 Å². The van der Waals surface area contributed by atoms with Gasteiger partial charge in [0.2, 0.25) is 5.95 Å². The standard InChI is InChI=1S/C28H32Cl2FN7O2/c1-18-11-19(17-37-5-3-36(2)4-6-37)12-22(29)25(18)20-13-21(26(39)23(30)14-20)15-33-35-28-32-16-24(31)27(34-28)38-7-9-40-10-8-38/h11-16,39H,3-10,17H2,1-2H3,(H,32,34,35)/b33-15+. The normalized spacial score (nSPS) is 17.1. The Hall–Kier alpha value is -3.02. The number of ether oxygens (including phenoxy) is 1. The highest BCUT2D eigenvalue weighted by molar-refractivity contribution is 6.34. The van der Waals surface area contributed by atoms with E-state index in [1.165, 1.54) is 6.21 Å². The molecule has 0 radical (unpaired) electrons. The number of aryl methyl sites for hydroxylation is 1. The number of nitrogens with zero attached hydrogens (tertiary/aromatic N) is 6. The van der Waals surface area contributed by atoms with Crippen LogP contribution in [0.4, 0.5) is 16.2 Å². The maximum Gasteiger partial charge on any atom is 0.245 e. The highest BCUT2D eigenvalue weighted by atomic mass is 35.5. The first-order chi connectivity index (χ1) is 19.3. The summed E-state index contributed by atoms with van der Waals surface area (Å²) in [6.45, 7) is 9.09. The molecule has 3 heterocycles. The molecule has 2 saturated heterocycles. The molecule has 12 heteroatoms. The summed E-state index contributed by atoms with van der Waals surface area (Å²) < 4.78 is 19.7. The molecule has 0 saturated carbocycles. The Kier molecular flexibility index (Phi) is 9.02. The number of phenols is 1. The smallest absolute Gasteiger partial charge is 0.245 e. The monoisotopic (exact) mass is 587 g/mol. The van der Waals surface area contributed by atoms with Crippen molar-refractivity contribution in [1.29, 1.82) is 0 Å². The quantitative estimate of drug-likeness (QED) is 0.305. The molecule has 212 valence electrons. The highest BCUT2D eigenvalue weighted by Crippen LogP contribution is 2.38. The lowest BCUT2D eigenvalue weighted by Gasteiger charge is -2.32. The molecule has 9 nitrogen and oxygen atoms in total. The lowest BCUT2D eigenvalue weighted by molar-refractivity contribution is 0.122. The van der Waals surface area contributed by atoms with Gasteiger partial charge in [-0.05, 0) is 48.9 Å². The fraction of sp³-hybridized carbons (Fsp3) is 0.393. The third kappa shape index (κ3) is 6.64. The minimum atomic E-state index is -0.518. The minimum absolute atomic E-state index is 0.120. The summed E-state index contributed by atoms with van der Waals surface area (Å²) in [6.07, 6.45) is 2.51. The first kappa shape index (κ1) is 28.5. The van der Waals surface area contributed by atoms with Gasteiger partial charge < -0.3 is 19.6 Å². The number of nitrogens with one attached hydrogen (secondary N) is 1. The van der Waals surface area contributed by atoms with Crippen molar-refractivity contribution in [3.8, 4) is 16.9 Å². The second-order valence-electron chi connectivity index (χ2n) is 10.1. The van der Waals surface area contributed by atoms with Gasteiger partial charge in [0.05, 0.1) is 30.6 Å². The highest BCUT2D eigenvalue weighted by Gasteiger charge is 2.19. The van der Waals surface area contributed by atoms with Crippen molar-refractivity contribution in [2.24, 2.45) is 5.10 Å². The van der Waals surface area contributed by atoms with Gasteiger partial charge in [-0.2, -0.15) is 10.1 Å². The number of anilines is 2. The van der Waals surface area contributed by atoms with Gasteiger partial charge in [-0.3, -0.25) is 4.90 Å². The Labute approximate surface area is 243 Å². The van der Waals surface area contributed by atoms with Crippen molar-refractivity contribution < 1.29 is 14.2 Å². The Morgan fingerprint density at radius 2 is 1.82 bits per heavy atom. The molecule has 2 aromatic carbocycles. The van der Waals surface area contributed by atoms with Crippen LogP contribution >= 0.6 is 23.2 Å². The van der Waals surface area contributed by atoms with E-state index >= 15 is 0 Å². The molecule has 0 amide bonds. The number of benzene rings is 2. The average molecular weight is 589 g/mol. The number of hydrogen-bond acceptors (Lipinski definition) is 9. The van der Waals surface area contributed by atoms with Crippen molar-refractivity contribution in [3.05, 3.63) is 63.0 Å². The summed E-state index contributed by atoms with van der Waals surface area (Å²) in [4.78, 5) is 14.8. The number of aromatic nitrogens is 2. The Morgan fingerprint density at radius 1 is 1.07 bits per heavy atom. The Balaban J connectivity index is 1.34. The van der Waals surface area contributed by atoms with E-state index in [-0.39, 0.29) is 22.5 Å². The van der Waals surface area contributed by atoms with Gasteiger partial charge in [0.25, 0.3) is 0 Å². The average Bonchev–Trinajstić information content (AvgIpc) is 2.93. The molecule has 5 rings (SSSR count). The summed E-state index contributed by atoms with van der Waals surface area (Å²) in [5.41, 5.74) is 6.85. The molecule has 2 aliphatic rings. The molecule has 40 heavy (non-hydrogen) atoms. The second-order valence-corrected chi connectivity index (χ2v) is 10.9. The summed E-state index contributed by atoms with van der Waals surface area (Å²) in [6, 6.07) is 7.60. The van der Waals surface area contributed by atoms with Crippen molar-refractivity contribution in [3.63, 3.8) is 0 Å². The van der Waals surface area contributed by atoms with Gasteiger partial charge in [-0.15, -0.1) is 0 Å². The maximum atomic E-state index is 14.3. The Bertz CT molecular complexity index is 1370. The number of piperazine rings is 1.